The number of rotatable bonds is 3. The van der Waals surface area contributed by atoms with Crippen LogP contribution in [0.25, 0.3) is 0 Å². The number of hydrogen-bond acceptors (Lipinski definition) is 5. The van der Waals surface area contributed by atoms with Crippen LogP contribution < -0.4 is 10.2 Å². The van der Waals surface area contributed by atoms with Gasteiger partial charge >= 0.3 is 0 Å². The second-order valence-corrected chi connectivity index (χ2v) is 4.65. The summed E-state index contributed by atoms with van der Waals surface area (Å²) in [5.74, 6) is 0.676. The number of nitrogens with one attached hydrogen (secondary N) is 1. The molecule has 0 radical (unpaired) electrons. The van der Waals surface area contributed by atoms with Gasteiger partial charge < -0.3 is 15.3 Å². The van der Waals surface area contributed by atoms with Gasteiger partial charge in [0.1, 0.15) is 0 Å². The number of hydrogen-bond donors (Lipinski definition) is 2. The van der Waals surface area contributed by atoms with Crippen molar-refractivity contribution in [2.45, 2.75) is 12.5 Å². The highest BCUT2D eigenvalue weighted by atomic mass is 16.3. The fraction of sp³-hybridized carbons (Fsp3) is 0.286. The lowest BCUT2D eigenvalue weighted by Gasteiger charge is -2.15. The molecule has 0 aliphatic carbocycles. The first kappa shape index (κ1) is 11.9. The lowest BCUT2D eigenvalue weighted by molar-refractivity contribution is 0.198. The van der Waals surface area contributed by atoms with E-state index in [4.69, 9.17) is 0 Å². The van der Waals surface area contributed by atoms with E-state index in [2.05, 4.69) is 15.3 Å². The fourth-order valence-electron chi connectivity index (χ4n) is 2.16. The quantitative estimate of drug-likeness (QED) is 0.876. The lowest BCUT2D eigenvalue weighted by Crippen LogP contribution is -2.23. The fourth-order valence-corrected chi connectivity index (χ4v) is 2.16. The highest BCUT2D eigenvalue weighted by molar-refractivity contribution is 5.58. The SMILES string of the molecule is OC1CCN(c2ncc(Nc3ccccc3)cn2)C1. The predicted molar refractivity (Wildman–Crippen MR) is 74.6 cm³/mol. The maximum absolute atomic E-state index is 9.50. The molecule has 0 spiro atoms. The summed E-state index contributed by atoms with van der Waals surface area (Å²) in [4.78, 5) is 10.7. The van der Waals surface area contributed by atoms with Crippen molar-refractivity contribution < 1.29 is 5.11 Å². The second kappa shape index (κ2) is 5.24. The minimum Gasteiger partial charge on any atom is -0.391 e. The number of anilines is 3. The summed E-state index contributed by atoms with van der Waals surface area (Å²) in [5.41, 5.74) is 1.87. The maximum Gasteiger partial charge on any atom is 0.225 e. The summed E-state index contributed by atoms with van der Waals surface area (Å²) in [6.07, 6.45) is 4.05. The van der Waals surface area contributed by atoms with Gasteiger partial charge in [-0.05, 0) is 18.6 Å². The first-order valence-corrected chi connectivity index (χ1v) is 6.38. The van der Waals surface area contributed by atoms with Crippen LogP contribution in [-0.2, 0) is 0 Å². The van der Waals surface area contributed by atoms with Gasteiger partial charge in [0.2, 0.25) is 5.95 Å². The molecule has 1 aromatic carbocycles. The molecule has 1 saturated heterocycles. The number of para-hydroxylation sites is 1. The number of aliphatic hydroxyl groups is 1. The molecule has 1 fully saturated rings. The molecule has 19 heavy (non-hydrogen) atoms. The Hall–Kier alpha value is -2.14. The predicted octanol–water partition coefficient (Wildman–Crippen LogP) is 1.79. The van der Waals surface area contributed by atoms with E-state index in [0.717, 1.165) is 24.3 Å². The third-order valence-electron chi connectivity index (χ3n) is 3.15. The van der Waals surface area contributed by atoms with Gasteiger partial charge in [0.05, 0.1) is 24.2 Å². The number of nitrogens with zero attached hydrogens (tertiary/aromatic N) is 3. The van der Waals surface area contributed by atoms with E-state index in [9.17, 15) is 5.11 Å². The maximum atomic E-state index is 9.50. The first-order chi connectivity index (χ1) is 9.31. The summed E-state index contributed by atoms with van der Waals surface area (Å²) in [6.45, 7) is 1.43. The summed E-state index contributed by atoms with van der Waals surface area (Å²) < 4.78 is 0. The van der Waals surface area contributed by atoms with Gasteiger partial charge in [0.15, 0.2) is 0 Å². The topological polar surface area (TPSA) is 61.3 Å². The Labute approximate surface area is 111 Å². The molecule has 3 rings (SSSR count). The molecular formula is C14H16N4O. The zero-order valence-corrected chi connectivity index (χ0v) is 10.5. The standard InChI is InChI=1S/C14H16N4O/c19-13-6-7-18(10-13)14-15-8-12(9-16-14)17-11-4-2-1-3-5-11/h1-5,8-9,13,17,19H,6-7,10H2. The molecule has 2 aromatic rings. The summed E-state index contributed by atoms with van der Waals surface area (Å²) in [5, 5.41) is 12.7. The molecule has 0 saturated carbocycles. The van der Waals surface area contributed by atoms with Crippen LogP contribution in [0.4, 0.5) is 17.3 Å². The Morgan fingerprint density at radius 3 is 2.47 bits per heavy atom. The largest absolute Gasteiger partial charge is 0.391 e. The third kappa shape index (κ3) is 2.82. The van der Waals surface area contributed by atoms with E-state index in [0.29, 0.717) is 12.5 Å². The molecular weight excluding hydrogens is 240 g/mol. The molecule has 98 valence electrons. The van der Waals surface area contributed by atoms with Crippen molar-refractivity contribution in [1.82, 2.24) is 9.97 Å². The number of benzene rings is 1. The van der Waals surface area contributed by atoms with Crippen LogP contribution in [0, 0.1) is 0 Å². The minimum atomic E-state index is -0.259. The van der Waals surface area contributed by atoms with Crippen molar-refractivity contribution in [1.29, 1.82) is 0 Å². The van der Waals surface area contributed by atoms with Gasteiger partial charge in [0, 0.05) is 18.8 Å². The molecule has 1 aliphatic rings. The zero-order chi connectivity index (χ0) is 13.1. The van der Waals surface area contributed by atoms with Crippen molar-refractivity contribution in [3.05, 3.63) is 42.7 Å². The van der Waals surface area contributed by atoms with Gasteiger partial charge in [-0.1, -0.05) is 18.2 Å². The van der Waals surface area contributed by atoms with Crippen LogP contribution in [0.1, 0.15) is 6.42 Å². The van der Waals surface area contributed by atoms with E-state index in [1.54, 1.807) is 12.4 Å². The monoisotopic (exact) mass is 256 g/mol. The van der Waals surface area contributed by atoms with Crippen molar-refractivity contribution in [3.63, 3.8) is 0 Å². The Morgan fingerprint density at radius 2 is 1.84 bits per heavy atom. The Balaban J connectivity index is 1.69. The highest BCUT2D eigenvalue weighted by Gasteiger charge is 2.21. The molecule has 1 aliphatic heterocycles. The van der Waals surface area contributed by atoms with Gasteiger partial charge in [-0.15, -0.1) is 0 Å². The van der Waals surface area contributed by atoms with Crippen LogP contribution in [-0.4, -0.2) is 34.3 Å². The van der Waals surface area contributed by atoms with Crippen molar-refractivity contribution >= 4 is 17.3 Å². The van der Waals surface area contributed by atoms with E-state index in [1.165, 1.54) is 0 Å². The van der Waals surface area contributed by atoms with Crippen LogP contribution in [0.15, 0.2) is 42.7 Å². The Morgan fingerprint density at radius 1 is 1.11 bits per heavy atom. The van der Waals surface area contributed by atoms with Gasteiger partial charge in [0.25, 0.3) is 0 Å². The van der Waals surface area contributed by atoms with E-state index >= 15 is 0 Å². The van der Waals surface area contributed by atoms with E-state index in [-0.39, 0.29) is 6.10 Å². The average molecular weight is 256 g/mol. The van der Waals surface area contributed by atoms with Crippen molar-refractivity contribution in [3.8, 4) is 0 Å². The molecule has 5 heteroatoms. The van der Waals surface area contributed by atoms with E-state index < -0.39 is 0 Å². The van der Waals surface area contributed by atoms with Crippen molar-refractivity contribution in [2.24, 2.45) is 0 Å². The van der Waals surface area contributed by atoms with E-state index in [1.807, 2.05) is 35.2 Å². The number of aliphatic hydroxyl groups excluding tert-OH is 1. The molecule has 0 bridgehead atoms. The smallest absolute Gasteiger partial charge is 0.225 e. The summed E-state index contributed by atoms with van der Waals surface area (Å²) in [6, 6.07) is 9.91. The average Bonchev–Trinajstić information content (AvgIpc) is 2.87. The molecule has 1 unspecified atom stereocenters. The summed E-state index contributed by atoms with van der Waals surface area (Å²) in [7, 11) is 0. The third-order valence-corrected chi connectivity index (χ3v) is 3.15. The second-order valence-electron chi connectivity index (χ2n) is 4.65. The molecule has 2 N–H and O–H groups in total. The minimum absolute atomic E-state index is 0.259. The number of aromatic nitrogens is 2. The Bertz CT molecular complexity index is 529. The molecule has 1 atom stereocenters. The number of β-amino-alcohol motifs (C(OH)–C–C–N with tert-alkyl or cyclic N) is 1. The van der Waals surface area contributed by atoms with Gasteiger partial charge in [-0.25, -0.2) is 9.97 Å². The lowest BCUT2D eigenvalue weighted by atomic mass is 10.3. The van der Waals surface area contributed by atoms with Crippen LogP contribution >= 0.6 is 0 Å². The summed E-state index contributed by atoms with van der Waals surface area (Å²) >= 11 is 0. The molecule has 0 amide bonds. The Kier molecular flexibility index (Phi) is 3.29. The normalized spacial score (nSPS) is 18.6. The molecule has 2 heterocycles. The van der Waals surface area contributed by atoms with Gasteiger partial charge in [-0.3, -0.25) is 0 Å². The highest BCUT2D eigenvalue weighted by Crippen LogP contribution is 2.18. The van der Waals surface area contributed by atoms with Crippen molar-refractivity contribution in [2.75, 3.05) is 23.3 Å². The first-order valence-electron chi connectivity index (χ1n) is 6.38. The van der Waals surface area contributed by atoms with Crippen LogP contribution in [0.5, 0.6) is 0 Å². The van der Waals surface area contributed by atoms with Gasteiger partial charge in [-0.2, -0.15) is 0 Å². The van der Waals surface area contributed by atoms with Crippen LogP contribution in [0.3, 0.4) is 0 Å². The molecule has 1 aromatic heterocycles. The van der Waals surface area contributed by atoms with Crippen LogP contribution in [0.2, 0.25) is 0 Å². The molecule has 5 nitrogen and oxygen atoms in total. The zero-order valence-electron chi connectivity index (χ0n) is 10.5.